The summed E-state index contributed by atoms with van der Waals surface area (Å²) in [4.78, 5) is 0. The van der Waals surface area contributed by atoms with Crippen molar-refractivity contribution < 1.29 is 0 Å². The van der Waals surface area contributed by atoms with E-state index in [2.05, 4.69) is 18.2 Å². The van der Waals surface area contributed by atoms with Crippen LogP contribution in [0.4, 0.5) is 0 Å². The topological polar surface area (TPSA) is 71.4 Å². The second kappa shape index (κ2) is 5.70. The molecule has 0 amide bonds. The Morgan fingerprint density at radius 2 is 1.50 bits per heavy atom. The first kappa shape index (κ1) is 13.3. The van der Waals surface area contributed by atoms with Gasteiger partial charge in [0.2, 0.25) is 0 Å². The van der Waals surface area contributed by atoms with Crippen LogP contribution in [-0.4, -0.2) is 0 Å². The third kappa shape index (κ3) is 2.66. The van der Waals surface area contributed by atoms with Crippen molar-refractivity contribution in [2.45, 2.75) is 13.3 Å². The van der Waals surface area contributed by atoms with Gasteiger partial charge in [-0.05, 0) is 48.2 Å². The normalized spacial score (nSPS) is 9.30. The Hall–Kier alpha value is -3.09. The number of aryl methyl sites for hydroxylation is 1. The lowest BCUT2D eigenvalue weighted by molar-refractivity contribution is 1.16. The molecule has 0 aliphatic rings. The summed E-state index contributed by atoms with van der Waals surface area (Å²) < 4.78 is 0. The van der Waals surface area contributed by atoms with Crippen molar-refractivity contribution in [2.24, 2.45) is 0 Å². The number of nitriles is 3. The first-order chi connectivity index (χ1) is 9.67. The average Bonchev–Trinajstić information content (AvgIpc) is 2.48. The minimum atomic E-state index is 0.525. The summed E-state index contributed by atoms with van der Waals surface area (Å²) in [5.41, 5.74) is 4.47. The van der Waals surface area contributed by atoms with Gasteiger partial charge in [-0.1, -0.05) is 18.2 Å². The van der Waals surface area contributed by atoms with E-state index in [0.29, 0.717) is 23.1 Å². The van der Waals surface area contributed by atoms with E-state index in [0.717, 1.165) is 16.7 Å². The van der Waals surface area contributed by atoms with Crippen LogP contribution in [0.3, 0.4) is 0 Å². The van der Waals surface area contributed by atoms with Gasteiger partial charge in [-0.25, -0.2) is 0 Å². The molecular weight excluding hydrogens is 246 g/mol. The highest BCUT2D eigenvalue weighted by Crippen LogP contribution is 2.19. The van der Waals surface area contributed by atoms with Crippen LogP contribution in [0.5, 0.6) is 0 Å². The number of nitrogens with zero attached hydrogens (tertiary/aromatic N) is 3. The molecule has 0 fully saturated rings. The van der Waals surface area contributed by atoms with Gasteiger partial charge in [-0.2, -0.15) is 15.8 Å². The van der Waals surface area contributed by atoms with Crippen molar-refractivity contribution in [2.75, 3.05) is 0 Å². The second-order valence-corrected chi connectivity index (χ2v) is 4.53. The van der Waals surface area contributed by atoms with Gasteiger partial charge < -0.3 is 0 Å². The quantitative estimate of drug-likeness (QED) is 0.829. The molecule has 0 radical (unpaired) electrons. The highest BCUT2D eigenvalue weighted by atomic mass is 14.3. The van der Waals surface area contributed by atoms with Crippen LogP contribution >= 0.6 is 0 Å². The average molecular weight is 257 g/mol. The van der Waals surface area contributed by atoms with E-state index in [9.17, 15) is 5.26 Å². The Bertz CT molecular complexity index is 766. The SMILES string of the molecule is Cc1cc(Cc2ccc(C#N)cc2)c(C#N)cc1C#N. The molecule has 3 heteroatoms. The molecule has 2 aromatic rings. The van der Waals surface area contributed by atoms with Gasteiger partial charge in [0.1, 0.15) is 0 Å². The lowest BCUT2D eigenvalue weighted by atomic mass is 9.95. The lowest BCUT2D eigenvalue weighted by Gasteiger charge is -2.07. The molecule has 0 saturated carbocycles. The molecule has 94 valence electrons. The Balaban J connectivity index is 2.38. The van der Waals surface area contributed by atoms with E-state index in [1.807, 2.05) is 25.1 Å². The molecule has 0 heterocycles. The Morgan fingerprint density at radius 3 is 2.05 bits per heavy atom. The Kier molecular flexibility index (Phi) is 3.80. The first-order valence-corrected chi connectivity index (χ1v) is 6.10. The van der Waals surface area contributed by atoms with Crippen LogP contribution in [-0.2, 0) is 6.42 Å². The molecule has 3 nitrogen and oxygen atoms in total. The molecule has 0 spiro atoms. The number of hydrogen-bond acceptors (Lipinski definition) is 3. The van der Waals surface area contributed by atoms with Crippen LogP contribution < -0.4 is 0 Å². The fraction of sp³-hybridized carbons (Fsp3) is 0.118. The standard InChI is InChI=1S/C17H11N3/c1-12-6-15(17(11-20)8-16(12)10-19)7-13-2-4-14(9-18)5-3-13/h2-6,8H,7H2,1H3. The van der Waals surface area contributed by atoms with Crippen molar-refractivity contribution in [1.29, 1.82) is 15.8 Å². The maximum Gasteiger partial charge on any atom is 0.0995 e. The van der Waals surface area contributed by atoms with E-state index >= 15 is 0 Å². The summed E-state index contributed by atoms with van der Waals surface area (Å²) in [7, 11) is 0. The maximum atomic E-state index is 9.19. The zero-order valence-electron chi connectivity index (χ0n) is 11.0. The van der Waals surface area contributed by atoms with Crippen molar-refractivity contribution in [3.63, 3.8) is 0 Å². The molecule has 20 heavy (non-hydrogen) atoms. The summed E-state index contributed by atoms with van der Waals surface area (Å²) in [5.74, 6) is 0. The predicted octanol–water partition coefficient (Wildman–Crippen LogP) is 3.20. The zero-order chi connectivity index (χ0) is 14.5. The molecule has 0 aromatic heterocycles. The number of benzene rings is 2. The van der Waals surface area contributed by atoms with Crippen LogP contribution in [0.2, 0.25) is 0 Å². The van der Waals surface area contributed by atoms with Crippen molar-refractivity contribution in [3.05, 3.63) is 69.8 Å². The van der Waals surface area contributed by atoms with Crippen LogP contribution in [0.1, 0.15) is 33.4 Å². The van der Waals surface area contributed by atoms with Crippen molar-refractivity contribution in [3.8, 4) is 18.2 Å². The van der Waals surface area contributed by atoms with E-state index in [1.165, 1.54) is 0 Å². The minimum absolute atomic E-state index is 0.525. The smallest absolute Gasteiger partial charge is 0.0995 e. The number of hydrogen-bond donors (Lipinski definition) is 0. The summed E-state index contributed by atoms with van der Waals surface area (Å²) in [5, 5.41) is 26.9. The van der Waals surface area contributed by atoms with Gasteiger partial charge in [-0.15, -0.1) is 0 Å². The van der Waals surface area contributed by atoms with Crippen molar-refractivity contribution in [1.82, 2.24) is 0 Å². The summed E-state index contributed by atoms with van der Waals surface area (Å²) >= 11 is 0. The summed E-state index contributed by atoms with van der Waals surface area (Å²) in [6.45, 7) is 1.86. The van der Waals surface area contributed by atoms with Gasteiger partial charge in [0.15, 0.2) is 0 Å². The van der Waals surface area contributed by atoms with Gasteiger partial charge in [0.05, 0.1) is 34.9 Å². The van der Waals surface area contributed by atoms with Gasteiger partial charge >= 0.3 is 0 Å². The third-order valence-electron chi connectivity index (χ3n) is 3.17. The molecule has 0 saturated heterocycles. The number of rotatable bonds is 2. The molecule has 0 aliphatic heterocycles. The largest absolute Gasteiger partial charge is 0.192 e. The predicted molar refractivity (Wildman–Crippen MR) is 74.6 cm³/mol. The van der Waals surface area contributed by atoms with E-state index in [1.54, 1.807) is 18.2 Å². The first-order valence-electron chi connectivity index (χ1n) is 6.10. The fourth-order valence-corrected chi connectivity index (χ4v) is 2.06. The second-order valence-electron chi connectivity index (χ2n) is 4.53. The molecule has 2 rings (SSSR count). The minimum Gasteiger partial charge on any atom is -0.192 e. The van der Waals surface area contributed by atoms with E-state index in [-0.39, 0.29) is 0 Å². The van der Waals surface area contributed by atoms with E-state index in [4.69, 9.17) is 10.5 Å². The summed E-state index contributed by atoms with van der Waals surface area (Å²) in [6, 6.07) is 17.1. The molecule has 0 bridgehead atoms. The maximum absolute atomic E-state index is 9.19. The zero-order valence-corrected chi connectivity index (χ0v) is 11.0. The van der Waals surface area contributed by atoms with Crippen LogP contribution in [0.25, 0.3) is 0 Å². The monoisotopic (exact) mass is 257 g/mol. The molecule has 0 unspecified atom stereocenters. The molecule has 0 atom stereocenters. The van der Waals surface area contributed by atoms with E-state index < -0.39 is 0 Å². The highest BCUT2D eigenvalue weighted by molar-refractivity contribution is 5.50. The Morgan fingerprint density at radius 1 is 0.850 bits per heavy atom. The summed E-state index contributed by atoms with van der Waals surface area (Å²) in [6.07, 6.45) is 0.612. The van der Waals surface area contributed by atoms with Gasteiger partial charge in [0.25, 0.3) is 0 Å². The fourth-order valence-electron chi connectivity index (χ4n) is 2.06. The third-order valence-corrected chi connectivity index (χ3v) is 3.17. The van der Waals surface area contributed by atoms with Crippen LogP contribution in [0.15, 0.2) is 36.4 Å². The Labute approximate surface area is 117 Å². The van der Waals surface area contributed by atoms with Crippen molar-refractivity contribution >= 4 is 0 Å². The highest BCUT2D eigenvalue weighted by Gasteiger charge is 2.08. The molecule has 0 N–H and O–H groups in total. The molecular formula is C17H11N3. The van der Waals surface area contributed by atoms with Crippen LogP contribution in [0, 0.1) is 40.9 Å². The molecule has 0 aliphatic carbocycles. The van der Waals surface area contributed by atoms with Gasteiger partial charge in [-0.3, -0.25) is 0 Å². The molecule has 2 aromatic carbocycles. The lowest BCUT2D eigenvalue weighted by Crippen LogP contribution is -1.96. The van der Waals surface area contributed by atoms with Gasteiger partial charge in [0, 0.05) is 0 Å².